The summed E-state index contributed by atoms with van der Waals surface area (Å²) in [5, 5.41) is 10.7. The SMILES string of the molecule is CCCC(O)(CCC)CCc1cccc(/C=C/CN)c1. The highest BCUT2D eigenvalue weighted by molar-refractivity contribution is 5.50. The van der Waals surface area contributed by atoms with Gasteiger partial charge in [-0.25, -0.2) is 0 Å². The van der Waals surface area contributed by atoms with E-state index in [9.17, 15) is 5.11 Å². The first-order chi connectivity index (χ1) is 9.63. The van der Waals surface area contributed by atoms with E-state index in [2.05, 4.69) is 38.1 Å². The monoisotopic (exact) mass is 275 g/mol. The summed E-state index contributed by atoms with van der Waals surface area (Å²) in [5.41, 5.74) is 7.45. The maximum atomic E-state index is 10.7. The molecule has 0 fully saturated rings. The number of hydrogen-bond donors (Lipinski definition) is 2. The summed E-state index contributed by atoms with van der Waals surface area (Å²) in [6.07, 6.45) is 9.66. The molecule has 0 aliphatic heterocycles. The standard InChI is InChI=1S/C18H29NO/c1-3-11-18(20,12-4-2)13-10-17-8-5-7-16(15-17)9-6-14-19/h5-9,15,20H,3-4,10-14,19H2,1-2H3/b9-6+. The lowest BCUT2D eigenvalue weighted by Crippen LogP contribution is -2.28. The van der Waals surface area contributed by atoms with Gasteiger partial charge in [0, 0.05) is 6.54 Å². The molecule has 0 spiro atoms. The van der Waals surface area contributed by atoms with Crippen LogP contribution in [0.15, 0.2) is 30.3 Å². The average molecular weight is 275 g/mol. The normalized spacial score (nSPS) is 12.2. The van der Waals surface area contributed by atoms with Gasteiger partial charge in [0.1, 0.15) is 0 Å². The molecule has 2 heteroatoms. The lowest BCUT2D eigenvalue weighted by Gasteiger charge is -2.27. The van der Waals surface area contributed by atoms with E-state index in [0.717, 1.165) is 38.5 Å². The summed E-state index contributed by atoms with van der Waals surface area (Å²) in [6.45, 7) is 4.84. The van der Waals surface area contributed by atoms with Crippen LogP contribution in [0.5, 0.6) is 0 Å². The Balaban J connectivity index is 2.65. The van der Waals surface area contributed by atoms with E-state index in [-0.39, 0.29) is 0 Å². The lowest BCUT2D eigenvalue weighted by atomic mass is 9.86. The summed E-state index contributed by atoms with van der Waals surface area (Å²) in [4.78, 5) is 0. The smallest absolute Gasteiger partial charge is 0.0650 e. The van der Waals surface area contributed by atoms with Crippen molar-refractivity contribution in [3.8, 4) is 0 Å². The van der Waals surface area contributed by atoms with E-state index in [1.54, 1.807) is 0 Å². The van der Waals surface area contributed by atoms with Gasteiger partial charge >= 0.3 is 0 Å². The molecule has 0 atom stereocenters. The number of benzene rings is 1. The zero-order chi connectivity index (χ0) is 14.8. The fourth-order valence-corrected chi connectivity index (χ4v) is 2.74. The molecule has 0 unspecified atom stereocenters. The lowest BCUT2D eigenvalue weighted by molar-refractivity contribution is 0.0132. The first-order valence-electron chi connectivity index (χ1n) is 7.81. The summed E-state index contributed by atoms with van der Waals surface area (Å²) < 4.78 is 0. The zero-order valence-corrected chi connectivity index (χ0v) is 12.9. The molecule has 1 aromatic carbocycles. The summed E-state index contributed by atoms with van der Waals surface area (Å²) in [7, 11) is 0. The quantitative estimate of drug-likeness (QED) is 0.717. The van der Waals surface area contributed by atoms with Crippen LogP contribution >= 0.6 is 0 Å². The number of aryl methyl sites for hydroxylation is 1. The van der Waals surface area contributed by atoms with Gasteiger partial charge in [0.25, 0.3) is 0 Å². The largest absolute Gasteiger partial charge is 0.390 e. The molecule has 0 heterocycles. The fraction of sp³-hybridized carbons (Fsp3) is 0.556. The Morgan fingerprint density at radius 2 is 1.85 bits per heavy atom. The molecular weight excluding hydrogens is 246 g/mol. The van der Waals surface area contributed by atoms with Gasteiger partial charge in [0.15, 0.2) is 0 Å². The van der Waals surface area contributed by atoms with Crippen LogP contribution in [0, 0.1) is 0 Å². The fourth-order valence-electron chi connectivity index (χ4n) is 2.74. The van der Waals surface area contributed by atoms with Crippen LogP contribution in [0.1, 0.15) is 57.1 Å². The van der Waals surface area contributed by atoms with Gasteiger partial charge in [-0.3, -0.25) is 0 Å². The van der Waals surface area contributed by atoms with Gasteiger partial charge in [-0.2, -0.15) is 0 Å². The number of aliphatic hydroxyl groups is 1. The number of rotatable bonds is 9. The summed E-state index contributed by atoms with van der Waals surface area (Å²) >= 11 is 0. The predicted octanol–water partition coefficient (Wildman–Crippen LogP) is 3.92. The molecule has 112 valence electrons. The Morgan fingerprint density at radius 1 is 1.15 bits per heavy atom. The van der Waals surface area contributed by atoms with E-state index in [4.69, 9.17) is 5.73 Å². The van der Waals surface area contributed by atoms with Crippen molar-refractivity contribution in [2.45, 2.75) is 58.0 Å². The Morgan fingerprint density at radius 3 is 2.45 bits per heavy atom. The van der Waals surface area contributed by atoms with Crippen molar-refractivity contribution < 1.29 is 5.11 Å². The van der Waals surface area contributed by atoms with Crippen molar-refractivity contribution in [3.05, 3.63) is 41.5 Å². The molecule has 0 aliphatic rings. The minimum atomic E-state index is -0.493. The van der Waals surface area contributed by atoms with Gasteiger partial charge in [-0.05, 0) is 36.8 Å². The minimum absolute atomic E-state index is 0.493. The average Bonchev–Trinajstić information content (AvgIpc) is 2.44. The predicted molar refractivity (Wildman–Crippen MR) is 87.6 cm³/mol. The van der Waals surface area contributed by atoms with Crippen LogP contribution in [0.2, 0.25) is 0 Å². The molecule has 0 aliphatic carbocycles. The molecule has 0 amide bonds. The maximum absolute atomic E-state index is 10.7. The van der Waals surface area contributed by atoms with Crippen molar-refractivity contribution in [1.82, 2.24) is 0 Å². The summed E-state index contributed by atoms with van der Waals surface area (Å²) in [6, 6.07) is 8.48. The van der Waals surface area contributed by atoms with Gasteiger partial charge in [-0.15, -0.1) is 0 Å². The van der Waals surface area contributed by atoms with Crippen molar-refractivity contribution in [2.75, 3.05) is 6.54 Å². The molecule has 2 nitrogen and oxygen atoms in total. The number of nitrogens with two attached hydrogens (primary N) is 1. The first-order valence-corrected chi connectivity index (χ1v) is 7.81. The minimum Gasteiger partial charge on any atom is -0.390 e. The van der Waals surface area contributed by atoms with Crippen LogP contribution < -0.4 is 5.73 Å². The van der Waals surface area contributed by atoms with Crippen molar-refractivity contribution >= 4 is 6.08 Å². The van der Waals surface area contributed by atoms with E-state index in [0.29, 0.717) is 6.54 Å². The molecule has 0 saturated carbocycles. The molecule has 3 N–H and O–H groups in total. The molecule has 20 heavy (non-hydrogen) atoms. The van der Waals surface area contributed by atoms with Crippen molar-refractivity contribution in [1.29, 1.82) is 0 Å². The van der Waals surface area contributed by atoms with Crippen LogP contribution in [0.3, 0.4) is 0 Å². The van der Waals surface area contributed by atoms with Crippen LogP contribution in [-0.2, 0) is 6.42 Å². The highest BCUT2D eigenvalue weighted by Crippen LogP contribution is 2.25. The van der Waals surface area contributed by atoms with Gasteiger partial charge in [0.05, 0.1) is 5.60 Å². The van der Waals surface area contributed by atoms with Gasteiger partial charge in [0.2, 0.25) is 0 Å². The second kappa shape index (κ2) is 8.93. The zero-order valence-electron chi connectivity index (χ0n) is 12.9. The third kappa shape index (κ3) is 5.89. The first kappa shape index (κ1) is 16.9. The maximum Gasteiger partial charge on any atom is 0.0650 e. The van der Waals surface area contributed by atoms with Crippen LogP contribution in [-0.4, -0.2) is 17.3 Å². The van der Waals surface area contributed by atoms with E-state index < -0.39 is 5.60 Å². The van der Waals surface area contributed by atoms with Crippen LogP contribution in [0.25, 0.3) is 6.08 Å². The topological polar surface area (TPSA) is 46.2 Å². The highest BCUT2D eigenvalue weighted by atomic mass is 16.3. The molecule has 0 aromatic heterocycles. The number of hydrogen-bond acceptors (Lipinski definition) is 2. The Kier molecular flexibility index (Phi) is 7.56. The van der Waals surface area contributed by atoms with Crippen molar-refractivity contribution in [3.63, 3.8) is 0 Å². The molecule has 0 saturated heterocycles. The second-order valence-corrected chi connectivity index (χ2v) is 5.61. The third-order valence-corrected chi connectivity index (χ3v) is 3.71. The van der Waals surface area contributed by atoms with Crippen LogP contribution in [0.4, 0.5) is 0 Å². The molecule has 1 rings (SSSR count). The van der Waals surface area contributed by atoms with Gasteiger partial charge < -0.3 is 10.8 Å². The van der Waals surface area contributed by atoms with Gasteiger partial charge in [-0.1, -0.05) is 63.1 Å². The Hall–Kier alpha value is -1.12. The van der Waals surface area contributed by atoms with Crippen molar-refractivity contribution in [2.24, 2.45) is 5.73 Å². The molecule has 0 bridgehead atoms. The van der Waals surface area contributed by atoms with E-state index >= 15 is 0 Å². The third-order valence-electron chi connectivity index (χ3n) is 3.71. The molecule has 0 radical (unpaired) electrons. The van der Waals surface area contributed by atoms with E-state index in [1.165, 1.54) is 11.1 Å². The summed E-state index contributed by atoms with van der Waals surface area (Å²) in [5.74, 6) is 0. The molecular formula is C18H29NO. The second-order valence-electron chi connectivity index (χ2n) is 5.61. The molecule has 1 aromatic rings. The van der Waals surface area contributed by atoms with E-state index in [1.807, 2.05) is 12.2 Å². The highest BCUT2D eigenvalue weighted by Gasteiger charge is 2.24. The Labute approximate surface area is 123 Å². The Bertz CT molecular complexity index is 406.